The maximum absolute atomic E-state index is 5.85. The lowest BCUT2D eigenvalue weighted by Crippen LogP contribution is -2.56. The first-order chi connectivity index (χ1) is 7.72. The van der Waals surface area contributed by atoms with Crippen molar-refractivity contribution in [2.45, 2.75) is 45.8 Å². The summed E-state index contributed by atoms with van der Waals surface area (Å²) >= 11 is 0. The average molecular weight is 229 g/mol. The highest BCUT2D eigenvalue weighted by Crippen LogP contribution is 2.18. The Morgan fingerprint density at radius 1 is 1.50 bits per heavy atom. The number of rotatable bonds is 6. The van der Waals surface area contributed by atoms with E-state index in [4.69, 9.17) is 10.6 Å². The van der Waals surface area contributed by atoms with E-state index in [0.29, 0.717) is 5.92 Å². The van der Waals surface area contributed by atoms with Crippen molar-refractivity contribution in [2.24, 2.45) is 11.8 Å². The van der Waals surface area contributed by atoms with Gasteiger partial charge in [0.25, 0.3) is 0 Å². The van der Waals surface area contributed by atoms with E-state index < -0.39 is 0 Å². The van der Waals surface area contributed by atoms with Gasteiger partial charge in [0.15, 0.2) is 0 Å². The van der Waals surface area contributed by atoms with Crippen molar-refractivity contribution in [3.05, 3.63) is 0 Å². The number of ether oxygens (including phenoxy) is 1. The van der Waals surface area contributed by atoms with Gasteiger partial charge >= 0.3 is 0 Å². The minimum Gasteiger partial charge on any atom is -0.374 e. The fourth-order valence-electron chi connectivity index (χ4n) is 2.51. The molecule has 1 saturated heterocycles. The Balaban J connectivity index is 2.50. The molecule has 3 atom stereocenters. The number of hydrogen-bond acceptors (Lipinski definition) is 4. The summed E-state index contributed by atoms with van der Waals surface area (Å²) in [5.41, 5.74) is 2.95. The van der Waals surface area contributed by atoms with Gasteiger partial charge in [-0.05, 0) is 18.9 Å². The van der Waals surface area contributed by atoms with Crippen LogP contribution in [0.3, 0.4) is 0 Å². The van der Waals surface area contributed by atoms with E-state index >= 15 is 0 Å². The zero-order valence-corrected chi connectivity index (χ0v) is 10.9. The topological polar surface area (TPSA) is 50.5 Å². The summed E-state index contributed by atoms with van der Waals surface area (Å²) < 4.78 is 5.85. The van der Waals surface area contributed by atoms with Gasteiger partial charge in [0.2, 0.25) is 0 Å². The van der Waals surface area contributed by atoms with Crippen LogP contribution in [0.15, 0.2) is 0 Å². The molecule has 16 heavy (non-hydrogen) atoms. The third kappa shape index (κ3) is 3.70. The number of hydrogen-bond donors (Lipinski definition) is 2. The minimum absolute atomic E-state index is 0.236. The quantitative estimate of drug-likeness (QED) is 0.526. The van der Waals surface area contributed by atoms with E-state index in [2.05, 4.69) is 31.1 Å². The molecule has 1 aliphatic heterocycles. The van der Waals surface area contributed by atoms with Crippen LogP contribution in [0.2, 0.25) is 0 Å². The smallest absolute Gasteiger partial charge is 0.0871 e. The summed E-state index contributed by atoms with van der Waals surface area (Å²) in [6.07, 6.45) is 2.63. The SMILES string of the molecule is CCCC(C)C(NN)C1CN(CC)CCO1. The predicted molar refractivity (Wildman–Crippen MR) is 67.0 cm³/mol. The fraction of sp³-hybridized carbons (Fsp3) is 1.00. The zero-order chi connectivity index (χ0) is 12.0. The first-order valence-electron chi connectivity index (χ1n) is 6.53. The number of nitrogens with zero attached hydrogens (tertiary/aromatic N) is 1. The van der Waals surface area contributed by atoms with E-state index in [1.165, 1.54) is 12.8 Å². The number of nitrogens with one attached hydrogen (secondary N) is 1. The van der Waals surface area contributed by atoms with Crippen molar-refractivity contribution in [2.75, 3.05) is 26.2 Å². The second-order valence-electron chi connectivity index (χ2n) is 4.76. The van der Waals surface area contributed by atoms with Crippen molar-refractivity contribution in [1.29, 1.82) is 0 Å². The molecular weight excluding hydrogens is 202 g/mol. The van der Waals surface area contributed by atoms with Gasteiger partial charge in [-0.15, -0.1) is 0 Å². The Bertz CT molecular complexity index is 189. The molecule has 1 heterocycles. The first-order valence-corrected chi connectivity index (χ1v) is 6.53. The van der Waals surface area contributed by atoms with Crippen molar-refractivity contribution in [3.8, 4) is 0 Å². The number of morpholine rings is 1. The van der Waals surface area contributed by atoms with Crippen LogP contribution in [-0.2, 0) is 4.74 Å². The van der Waals surface area contributed by atoms with Crippen molar-refractivity contribution < 1.29 is 4.74 Å². The summed E-state index contributed by atoms with van der Waals surface area (Å²) in [7, 11) is 0. The molecule has 96 valence electrons. The van der Waals surface area contributed by atoms with E-state index in [9.17, 15) is 0 Å². The lowest BCUT2D eigenvalue weighted by atomic mass is 9.92. The molecule has 0 aromatic carbocycles. The van der Waals surface area contributed by atoms with E-state index in [-0.39, 0.29) is 12.1 Å². The molecule has 3 N–H and O–H groups in total. The second-order valence-corrected chi connectivity index (χ2v) is 4.76. The zero-order valence-electron chi connectivity index (χ0n) is 10.9. The Kier molecular flexibility index (Phi) is 6.28. The normalized spacial score (nSPS) is 26.6. The summed E-state index contributed by atoms with van der Waals surface area (Å²) in [5, 5.41) is 0. The Labute approximate surface area is 99.5 Å². The van der Waals surface area contributed by atoms with E-state index in [0.717, 1.165) is 26.2 Å². The third-order valence-electron chi connectivity index (χ3n) is 3.57. The van der Waals surface area contributed by atoms with Gasteiger partial charge in [0.1, 0.15) is 0 Å². The Hall–Kier alpha value is -0.160. The van der Waals surface area contributed by atoms with Gasteiger partial charge in [-0.3, -0.25) is 16.2 Å². The highest BCUT2D eigenvalue weighted by atomic mass is 16.5. The predicted octanol–water partition coefficient (Wildman–Crippen LogP) is 0.975. The average Bonchev–Trinajstić information content (AvgIpc) is 2.31. The molecule has 0 aromatic heterocycles. The molecule has 0 saturated carbocycles. The lowest BCUT2D eigenvalue weighted by Gasteiger charge is -2.38. The van der Waals surface area contributed by atoms with Gasteiger partial charge in [0.05, 0.1) is 18.8 Å². The maximum Gasteiger partial charge on any atom is 0.0871 e. The molecule has 0 aromatic rings. The van der Waals surface area contributed by atoms with Gasteiger partial charge in [-0.1, -0.05) is 27.2 Å². The lowest BCUT2D eigenvalue weighted by molar-refractivity contribution is -0.0545. The molecule has 1 fully saturated rings. The van der Waals surface area contributed by atoms with Crippen LogP contribution in [0.1, 0.15) is 33.6 Å². The Morgan fingerprint density at radius 2 is 2.25 bits per heavy atom. The highest BCUT2D eigenvalue weighted by molar-refractivity contribution is 4.84. The molecule has 1 rings (SSSR count). The molecule has 1 aliphatic rings. The van der Waals surface area contributed by atoms with Gasteiger partial charge in [0, 0.05) is 13.1 Å². The van der Waals surface area contributed by atoms with Crippen LogP contribution in [0.5, 0.6) is 0 Å². The minimum atomic E-state index is 0.236. The highest BCUT2D eigenvalue weighted by Gasteiger charge is 2.30. The van der Waals surface area contributed by atoms with Crippen LogP contribution >= 0.6 is 0 Å². The fourth-order valence-corrected chi connectivity index (χ4v) is 2.51. The van der Waals surface area contributed by atoms with Gasteiger partial charge < -0.3 is 4.74 Å². The van der Waals surface area contributed by atoms with Crippen LogP contribution in [-0.4, -0.2) is 43.3 Å². The van der Waals surface area contributed by atoms with Crippen molar-refractivity contribution in [1.82, 2.24) is 10.3 Å². The van der Waals surface area contributed by atoms with Crippen LogP contribution in [0, 0.1) is 5.92 Å². The van der Waals surface area contributed by atoms with E-state index in [1.807, 2.05) is 0 Å². The molecule has 0 radical (unpaired) electrons. The largest absolute Gasteiger partial charge is 0.374 e. The van der Waals surface area contributed by atoms with E-state index in [1.54, 1.807) is 0 Å². The van der Waals surface area contributed by atoms with Crippen molar-refractivity contribution >= 4 is 0 Å². The second kappa shape index (κ2) is 7.22. The van der Waals surface area contributed by atoms with Crippen LogP contribution < -0.4 is 11.3 Å². The maximum atomic E-state index is 5.85. The van der Waals surface area contributed by atoms with Crippen molar-refractivity contribution in [3.63, 3.8) is 0 Å². The van der Waals surface area contributed by atoms with Crippen LogP contribution in [0.4, 0.5) is 0 Å². The molecule has 3 unspecified atom stereocenters. The molecule has 0 amide bonds. The first kappa shape index (κ1) is 13.9. The Morgan fingerprint density at radius 3 is 2.81 bits per heavy atom. The third-order valence-corrected chi connectivity index (χ3v) is 3.57. The number of nitrogens with two attached hydrogens (primary N) is 1. The van der Waals surface area contributed by atoms with Crippen LogP contribution in [0.25, 0.3) is 0 Å². The number of hydrazine groups is 1. The molecule has 0 spiro atoms. The molecular formula is C12H27N3O. The number of likely N-dealkylation sites (N-methyl/N-ethyl adjacent to an activating group) is 1. The molecule has 4 nitrogen and oxygen atoms in total. The van der Waals surface area contributed by atoms with Gasteiger partial charge in [-0.2, -0.15) is 0 Å². The summed E-state index contributed by atoms with van der Waals surface area (Å²) in [4.78, 5) is 2.43. The molecule has 4 heteroatoms. The summed E-state index contributed by atoms with van der Waals surface area (Å²) in [6.45, 7) is 10.6. The van der Waals surface area contributed by atoms with Gasteiger partial charge in [-0.25, -0.2) is 0 Å². The monoisotopic (exact) mass is 229 g/mol. The molecule has 0 aliphatic carbocycles. The molecule has 0 bridgehead atoms. The summed E-state index contributed by atoms with van der Waals surface area (Å²) in [6, 6.07) is 0.272. The summed E-state index contributed by atoms with van der Waals surface area (Å²) in [5.74, 6) is 6.24. The standard InChI is InChI=1S/C12H27N3O/c1-4-6-10(3)12(14-13)11-9-15(5-2)7-8-16-11/h10-12,14H,4-9,13H2,1-3H3.